The quantitative estimate of drug-likeness (QED) is 0.691. The third-order valence-electron chi connectivity index (χ3n) is 4.20. The highest BCUT2D eigenvalue weighted by molar-refractivity contribution is 5.29. The molecule has 116 valence electrons. The van der Waals surface area contributed by atoms with Gasteiger partial charge in [0.1, 0.15) is 11.3 Å². The van der Waals surface area contributed by atoms with E-state index in [1.54, 1.807) is 0 Å². The van der Waals surface area contributed by atoms with Gasteiger partial charge in [0, 0.05) is 0 Å². The van der Waals surface area contributed by atoms with E-state index in [0.717, 1.165) is 31.4 Å². The predicted molar refractivity (Wildman–Crippen MR) is 87.6 cm³/mol. The number of nitrogens with one attached hydrogen (secondary N) is 1. The maximum Gasteiger partial charge on any atom is 0.119 e. The monoisotopic (exact) mass is 288 g/mol. The largest absolute Gasteiger partial charge is 0.494 e. The number of rotatable bonds is 9. The number of unbranched alkanes of at least 4 members (excludes halogenated alkanes) is 1. The number of nitrogens with zero attached hydrogens (tertiary/aromatic N) is 1. The summed E-state index contributed by atoms with van der Waals surface area (Å²) in [6.45, 7) is 7.08. The first kappa shape index (κ1) is 17.5. The fourth-order valence-corrected chi connectivity index (χ4v) is 2.14. The van der Waals surface area contributed by atoms with Crippen LogP contribution in [0.2, 0.25) is 0 Å². The summed E-state index contributed by atoms with van der Waals surface area (Å²) in [5.74, 6) is 1.53. The van der Waals surface area contributed by atoms with Gasteiger partial charge in [-0.25, -0.2) is 0 Å². The van der Waals surface area contributed by atoms with Crippen LogP contribution < -0.4 is 10.1 Å². The normalized spacial score (nSPS) is 15.0. The lowest BCUT2D eigenvalue weighted by atomic mass is 9.97. The number of ether oxygens (including phenoxy) is 1. The Hall–Kier alpha value is -1.53. The fraction of sp³-hybridized carbons (Fsp3) is 0.611. The van der Waals surface area contributed by atoms with E-state index in [1.165, 1.54) is 5.56 Å². The summed E-state index contributed by atoms with van der Waals surface area (Å²) in [5.41, 5.74) is 0.946. The fourth-order valence-electron chi connectivity index (χ4n) is 2.14. The molecule has 2 unspecified atom stereocenters. The predicted octanol–water partition coefficient (Wildman–Crippen LogP) is 4.25. The van der Waals surface area contributed by atoms with E-state index < -0.39 is 5.54 Å². The molecule has 3 nitrogen and oxygen atoms in total. The van der Waals surface area contributed by atoms with E-state index in [4.69, 9.17) is 10.00 Å². The lowest BCUT2D eigenvalue weighted by Gasteiger charge is -2.20. The smallest absolute Gasteiger partial charge is 0.119 e. The molecule has 0 fully saturated rings. The van der Waals surface area contributed by atoms with Crippen LogP contribution in [0.4, 0.5) is 0 Å². The first-order valence-corrected chi connectivity index (χ1v) is 7.87. The average Bonchev–Trinajstić information content (AvgIpc) is 2.54. The Balaban J connectivity index is 2.29. The topological polar surface area (TPSA) is 45.0 Å². The van der Waals surface area contributed by atoms with Gasteiger partial charge in [0.25, 0.3) is 0 Å². The van der Waals surface area contributed by atoms with Crippen LogP contribution in [0.5, 0.6) is 5.75 Å². The summed E-state index contributed by atoms with van der Waals surface area (Å²) in [4.78, 5) is 0. The van der Waals surface area contributed by atoms with Gasteiger partial charge in [0.05, 0.1) is 12.7 Å². The van der Waals surface area contributed by atoms with Gasteiger partial charge in [0.15, 0.2) is 0 Å². The second-order valence-corrected chi connectivity index (χ2v) is 5.88. The molecule has 0 aliphatic heterocycles. The second kappa shape index (κ2) is 8.69. The molecular weight excluding hydrogens is 260 g/mol. The number of hydrogen-bond donors (Lipinski definition) is 1. The van der Waals surface area contributed by atoms with E-state index in [2.05, 4.69) is 49.5 Å². The van der Waals surface area contributed by atoms with Crippen LogP contribution in [0.15, 0.2) is 24.3 Å². The molecule has 0 aliphatic carbocycles. The molecule has 0 aromatic heterocycles. The number of nitriles is 1. The maximum atomic E-state index is 9.07. The van der Waals surface area contributed by atoms with Crippen LogP contribution in [-0.4, -0.2) is 19.2 Å². The molecule has 21 heavy (non-hydrogen) atoms. The summed E-state index contributed by atoms with van der Waals surface area (Å²) < 4.78 is 5.75. The van der Waals surface area contributed by atoms with Crippen LogP contribution in [-0.2, 0) is 0 Å². The number of benzene rings is 1. The van der Waals surface area contributed by atoms with E-state index in [9.17, 15) is 0 Å². The SMILES string of the molecule is CCC(C)c1ccc(OCCCCC(C)(C#N)NC)cc1. The van der Waals surface area contributed by atoms with Crippen molar-refractivity contribution in [2.75, 3.05) is 13.7 Å². The van der Waals surface area contributed by atoms with E-state index in [0.29, 0.717) is 12.5 Å². The van der Waals surface area contributed by atoms with Crippen molar-refractivity contribution in [1.29, 1.82) is 5.26 Å². The van der Waals surface area contributed by atoms with Crippen molar-refractivity contribution in [2.45, 2.75) is 57.9 Å². The Morgan fingerprint density at radius 1 is 1.29 bits per heavy atom. The van der Waals surface area contributed by atoms with Gasteiger partial charge < -0.3 is 10.1 Å². The Morgan fingerprint density at radius 3 is 2.48 bits per heavy atom. The minimum Gasteiger partial charge on any atom is -0.494 e. The molecule has 0 saturated heterocycles. The Kier molecular flexibility index (Phi) is 7.25. The summed E-state index contributed by atoms with van der Waals surface area (Å²) in [6, 6.07) is 10.7. The Bertz CT molecular complexity index is 449. The van der Waals surface area contributed by atoms with Crippen molar-refractivity contribution < 1.29 is 4.74 Å². The van der Waals surface area contributed by atoms with Gasteiger partial charge in [-0.15, -0.1) is 0 Å². The van der Waals surface area contributed by atoms with Gasteiger partial charge >= 0.3 is 0 Å². The highest BCUT2D eigenvalue weighted by atomic mass is 16.5. The van der Waals surface area contributed by atoms with E-state index in [-0.39, 0.29) is 0 Å². The highest BCUT2D eigenvalue weighted by Crippen LogP contribution is 2.21. The Morgan fingerprint density at radius 2 is 1.95 bits per heavy atom. The molecule has 0 amide bonds. The lowest BCUT2D eigenvalue weighted by molar-refractivity contribution is 0.297. The minimum absolute atomic E-state index is 0.419. The molecule has 0 radical (unpaired) electrons. The van der Waals surface area contributed by atoms with Crippen LogP contribution >= 0.6 is 0 Å². The minimum atomic E-state index is -0.419. The molecule has 0 bridgehead atoms. The van der Waals surface area contributed by atoms with Crippen molar-refractivity contribution >= 4 is 0 Å². The van der Waals surface area contributed by atoms with Crippen LogP contribution in [0.3, 0.4) is 0 Å². The third kappa shape index (κ3) is 5.77. The van der Waals surface area contributed by atoms with Gasteiger partial charge in [-0.1, -0.05) is 26.0 Å². The average molecular weight is 288 g/mol. The Labute approximate surface area is 129 Å². The summed E-state index contributed by atoms with van der Waals surface area (Å²) >= 11 is 0. The number of hydrogen-bond acceptors (Lipinski definition) is 3. The zero-order valence-electron chi connectivity index (χ0n) is 13.8. The van der Waals surface area contributed by atoms with Crippen molar-refractivity contribution in [3.8, 4) is 11.8 Å². The zero-order chi connectivity index (χ0) is 15.7. The highest BCUT2D eigenvalue weighted by Gasteiger charge is 2.19. The third-order valence-corrected chi connectivity index (χ3v) is 4.20. The molecule has 2 atom stereocenters. The summed E-state index contributed by atoms with van der Waals surface area (Å²) in [6.07, 6.45) is 3.95. The first-order valence-electron chi connectivity index (χ1n) is 7.87. The molecular formula is C18H28N2O. The molecule has 1 aromatic carbocycles. The van der Waals surface area contributed by atoms with Crippen LogP contribution in [0, 0.1) is 11.3 Å². The van der Waals surface area contributed by atoms with Gasteiger partial charge in [0.2, 0.25) is 0 Å². The van der Waals surface area contributed by atoms with Crippen LogP contribution in [0.1, 0.15) is 57.9 Å². The van der Waals surface area contributed by atoms with Gasteiger partial charge in [-0.3, -0.25) is 0 Å². The lowest BCUT2D eigenvalue weighted by Crippen LogP contribution is -2.37. The first-order chi connectivity index (χ1) is 10.0. The molecule has 0 aliphatic rings. The van der Waals surface area contributed by atoms with Crippen molar-refractivity contribution in [3.63, 3.8) is 0 Å². The van der Waals surface area contributed by atoms with Crippen molar-refractivity contribution in [1.82, 2.24) is 5.32 Å². The molecule has 3 heteroatoms. The standard InChI is InChI=1S/C18H28N2O/c1-5-15(2)16-8-10-17(11-9-16)21-13-7-6-12-18(3,14-19)20-4/h8-11,15,20H,5-7,12-13H2,1-4H3. The second-order valence-electron chi connectivity index (χ2n) is 5.88. The molecule has 0 heterocycles. The van der Waals surface area contributed by atoms with E-state index in [1.807, 2.05) is 14.0 Å². The van der Waals surface area contributed by atoms with Gasteiger partial charge in [-0.05, 0) is 63.3 Å². The van der Waals surface area contributed by atoms with E-state index >= 15 is 0 Å². The molecule has 0 spiro atoms. The summed E-state index contributed by atoms with van der Waals surface area (Å²) in [7, 11) is 1.83. The molecule has 1 aromatic rings. The van der Waals surface area contributed by atoms with Crippen LogP contribution in [0.25, 0.3) is 0 Å². The zero-order valence-corrected chi connectivity index (χ0v) is 13.8. The maximum absolute atomic E-state index is 9.07. The summed E-state index contributed by atoms with van der Waals surface area (Å²) in [5, 5.41) is 12.1. The van der Waals surface area contributed by atoms with Crippen molar-refractivity contribution in [3.05, 3.63) is 29.8 Å². The van der Waals surface area contributed by atoms with Crippen molar-refractivity contribution in [2.24, 2.45) is 0 Å². The molecule has 0 saturated carbocycles. The molecule has 1 rings (SSSR count). The molecule has 1 N–H and O–H groups in total. The van der Waals surface area contributed by atoms with Gasteiger partial charge in [-0.2, -0.15) is 5.26 Å².